The van der Waals surface area contributed by atoms with Crippen LogP contribution in [-0.2, 0) is 18.4 Å². The van der Waals surface area contributed by atoms with Gasteiger partial charge in [0, 0.05) is 14.2 Å². The summed E-state index contributed by atoms with van der Waals surface area (Å²) in [4.78, 5) is 19.6. The van der Waals surface area contributed by atoms with E-state index in [1.165, 1.54) is 26.4 Å². The topological polar surface area (TPSA) is 77.3 Å². The first-order valence-corrected chi connectivity index (χ1v) is 4.24. The predicted molar refractivity (Wildman–Crippen MR) is 36.0 cm³/mol. The van der Waals surface area contributed by atoms with Crippen molar-refractivity contribution in [1.82, 2.24) is 0 Å². The zero-order valence-electron chi connectivity index (χ0n) is 6.03. The van der Waals surface area contributed by atoms with E-state index in [-0.39, 0.29) is 0 Å². The molecule has 0 bridgehead atoms. The fourth-order valence-corrected chi connectivity index (χ4v) is 1.22. The second kappa shape index (κ2) is 4.67. The molecule has 0 heterocycles. The van der Waals surface area contributed by atoms with Crippen LogP contribution < -0.4 is 0 Å². The first-order valence-electron chi connectivity index (χ1n) is 2.53. The highest BCUT2D eigenvalue weighted by Crippen LogP contribution is 2.05. The van der Waals surface area contributed by atoms with Crippen molar-refractivity contribution in [2.75, 3.05) is 14.2 Å². The highest BCUT2D eigenvalue weighted by atomic mass is 28.4. The van der Waals surface area contributed by atoms with Crippen molar-refractivity contribution in [2.45, 2.75) is 0 Å². The minimum Gasteiger partial charge on any atom is -0.362 e. The second-order valence-corrected chi connectivity index (χ2v) is 3.72. The van der Waals surface area contributed by atoms with E-state index in [0.29, 0.717) is 0 Å². The maximum Gasteiger partial charge on any atom is 0.647 e. The van der Waals surface area contributed by atoms with Gasteiger partial charge in [0.25, 0.3) is 0 Å². The molecule has 0 aromatic heterocycles. The van der Waals surface area contributed by atoms with Crippen LogP contribution in [0.4, 0.5) is 0 Å². The molecule has 0 saturated carbocycles. The van der Waals surface area contributed by atoms with Gasteiger partial charge >= 0.3 is 8.88 Å². The summed E-state index contributed by atoms with van der Waals surface area (Å²) in [6, 6.07) is 0. The van der Waals surface area contributed by atoms with E-state index in [2.05, 4.69) is 18.2 Å². The van der Waals surface area contributed by atoms with Crippen LogP contribution in [0.5, 0.6) is 0 Å². The summed E-state index contributed by atoms with van der Waals surface area (Å²) >= 11 is 0. The summed E-state index contributed by atoms with van der Waals surface area (Å²) in [7, 11) is -0.874. The van der Waals surface area contributed by atoms with Crippen molar-refractivity contribution in [3.05, 3.63) is 0 Å². The van der Waals surface area contributed by atoms with E-state index >= 15 is 0 Å². The van der Waals surface area contributed by atoms with Crippen molar-refractivity contribution >= 4 is 21.0 Å². The minimum absolute atomic E-state index is 1.21. The summed E-state index contributed by atoms with van der Waals surface area (Å²) in [6.45, 7) is 0. The third-order valence-electron chi connectivity index (χ3n) is 0.906. The van der Waals surface area contributed by atoms with Crippen molar-refractivity contribution < 1.29 is 18.4 Å². The summed E-state index contributed by atoms with van der Waals surface area (Å²) in [5.74, 6) is 0. The van der Waals surface area contributed by atoms with Crippen molar-refractivity contribution in [2.24, 2.45) is 9.32 Å². The number of hydrogen-bond donors (Lipinski definition) is 0. The van der Waals surface area contributed by atoms with E-state index in [1.807, 2.05) is 0 Å². The van der Waals surface area contributed by atoms with Gasteiger partial charge in [-0.2, -0.15) is 9.32 Å². The Morgan fingerprint density at radius 3 is 1.64 bits per heavy atom. The molecule has 0 N–H and O–H groups in total. The Balaban J connectivity index is 4.72. The average molecular weight is 174 g/mol. The zero-order valence-corrected chi connectivity index (χ0v) is 7.03. The molecule has 0 atom stereocenters. The molecule has 0 saturated heterocycles. The smallest absolute Gasteiger partial charge is 0.362 e. The van der Waals surface area contributed by atoms with Crippen LogP contribution in [0.2, 0.25) is 0 Å². The largest absolute Gasteiger partial charge is 0.647 e. The number of carbonyl (C=O) groups excluding carboxylic acids is 2. The molecule has 0 fully saturated rings. The molecule has 0 unspecified atom stereocenters. The highest BCUT2D eigenvalue weighted by Gasteiger charge is 2.39. The maximum absolute atomic E-state index is 9.81. The Hall–Kier alpha value is -1.10. The lowest BCUT2D eigenvalue weighted by Gasteiger charge is -2.10. The molecule has 0 aliphatic rings. The van der Waals surface area contributed by atoms with Crippen molar-refractivity contribution in [1.29, 1.82) is 0 Å². The molecule has 0 aliphatic heterocycles. The van der Waals surface area contributed by atoms with Crippen LogP contribution in [0.1, 0.15) is 0 Å². The van der Waals surface area contributed by atoms with Gasteiger partial charge in [-0.15, -0.1) is 0 Å². The second-order valence-electron chi connectivity index (χ2n) is 1.36. The molecule has 0 aromatic rings. The normalized spacial score (nSPS) is 9.64. The molecule has 0 aromatic carbocycles. The van der Waals surface area contributed by atoms with E-state index in [0.717, 1.165) is 0 Å². The average Bonchev–Trinajstić information content (AvgIpc) is 2.04. The molecule has 0 spiro atoms. The van der Waals surface area contributed by atoms with Crippen molar-refractivity contribution in [3.8, 4) is 0 Å². The Morgan fingerprint density at radius 2 is 1.45 bits per heavy atom. The lowest BCUT2D eigenvalue weighted by molar-refractivity contribution is 0.246. The zero-order chi connectivity index (χ0) is 8.74. The molecule has 7 heteroatoms. The van der Waals surface area contributed by atoms with Crippen LogP contribution in [-0.4, -0.2) is 35.3 Å². The molecule has 0 amide bonds. The van der Waals surface area contributed by atoms with Gasteiger partial charge in [0.05, 0.1) is 0 Å². The van der Waals surface area contributed by atoms with Gasteiger partial charge in [-0.25, -0.2) is 9.59 Å². The lowest BCUT2D eigenvalue weighted by atomic mass is 11.7. The van der Waals surface area contributed by atoms with Crippen LogP contribution >= 0.6 is 0 Å². The Morgan fingerprint density at radius 1 is 1.09 bits per heavy atom. The third kappa shape index (κ3) is 2.54. The SMILES string of the molecule is CO[Si](N=C=O)(N=C=O)OC. The van der Waals surface area contributed by atoms with Gasteiger partial charge in [-0.1, -0.05) is 0 Å². The lowest BCUT2D eigenvalue weighted by Crippen LogP contribution is -2.36. The summed E-state index contributed by atoms with van der Waals surface area (Å²) in [5, 5.41) is 0. The Labute approximate surface area is 64.0 Å². The fourth-order valence-electron chi connectivity index (χ4n) is 0.406. The third-order valence-corrected chi connectivity index (χ3v) is 2.72. The molecular weight excluding hydrogens is 168 g/mol. The van der Waals surface area contributed by atoms with Gasteiger partial charge in [0.1, 0.15) is 0 Å². The Bertz CT molecular complexity index is 194. The van der Waals surface area contributed by atoms with E-state index in [1.54, 1.807) is 0 Å². The molecule has 11 heavy (non-hydrogen) atoms. The first-order chi connectivity index (χ1) is 5.24. The molecule has 6 nitrogen and oxygen atoms in total. The maximum atomic E-state index is 9.81. The van der Waals surface area contributed by atoms with Crippen LogP contribution in [0, 0.1) is 0 Å². The molecule has 0 rings (SSSR count). The highest BCUT2D eigenvalue weighted by molar-refractivity contribution is 6.65. The molecule has 60 valence electrons. The van der Waals surface area contributed by atoms with Crippen molar-refractivity contribution in [3.63, 3.8) is 0 Å². The standard InChI is InChI=1S/C4H6N2O4Si/c1-9-11(10-2,5-3-7)6-4-8/h1-2H3. The summed E-state index contributed by atoms with van der Waals surface area (Å²) in [5.41, 5.74) is 0. The Kier molecular flexibility index (Phi) is 4.20. The van der Waals surface area contributed by atoms with Crippen LogP contribution in [0.25, 0.3) is 0 Å². The van der Waals surface area contributed by atoms with Gasteiger partial charge in [0.15, 0.2) is 0 Å². The summed E-state index contributed by atoms with van der Waals surface area (Å²) < 4.78 is 15.5. The number of rotatable bonds is 4. The number of isocyanates is 2. The number of nitrogens with zero attached hydrogens (tertiary/aromatic N) is 2. The molecule has 0 radical (unpaired) electrons. The molecule has 0 aliphatic carbocycles. The van der Waals surface area contributed by atoms with E-state index < -0.39 is 8.88 Å². The quantitative estimate of drug-likeness (QED) is 0.323. The van der Waals surface area contributed by atoms with Crippen LogP contribution in [0.3, 0.4) is 0 Å². The van der Waals surface area contributed by atoms with Crippen LogP contribution in [0.15, 0.2) is 9.32 Å². The fraction of sp³-hybridized carbons (Fsp3) is 0.500. The predicted octanol–water partition coefficient (Wildman–Crippen LogP) is -0.614. The monoisotopic (exact) mass is 174 g/mol. The van der Waals surface area contributed by atoms with Gasteiger partial charge in [-0.3, -0.25) is 0 Å². The number of hydrogen-bond acceptors (Lipinski definition) is 6. The van der Waals surface area contributed by atoms with Gasteiger partial charge in [0.2, 0.25) is 12.2 Å². The minimum atomic E-state index is -3.34. The van der Waals surface area contributed by atoms with E-state index in [9.17, 15) is 9.59 Å². The molecular formula is C4H6N2O4Si. The first kappa shape index (κ1) is 9.90. The van der Waals surface area contributed by atoms with Gasteiger partial charge < -0.3 is 8.85 Å². The van der Waals surface area contributed by atoms with Gasteiger partial charge in [-0.05, 0) is 0 Å². The van der Waals surface area contributed by atoms with E-state index in [4.69, 9.17) is 0 Å². The summed E-state index contributed by atoms with van der Waals surface area (Å²) in [6.07, 6.45) is 2.42.